The van der Waals surface area contributed by atoms with Gasteiger partial charge in [0.1, 0.15) is 22.6 Å². The lowest BCUT2D eigenvalue weighted by molar-refractivity contribution is 0.0896. The van der Waals surface area contributed by atoms with E-state index in [0.717, 1.165) is 0 Å². The van der Waals surface area contributed by atoms with E-state index in [9.17, 15) is 19.8 Å². The van der Waals surface area contributed by atoms with Crippen molar-refractivity contribution in [2.75, 3.05) is 0 Å². The standard InChI is InChI=1S/C23H36N6O4/c1-12(2)20(30)16-18(22(32)14(5)6)28(26-24-16)10-9-11-29-19(23(33)15(7)8)17(25-27-29)21(31)13(3)4/h12-15,30,32H,9-11H2,1-8H3. The van der Waals surface area contributed by atoms with Gasteiger partial charge in [-0.15, -0.1) is 10.2 Å². The molecule has 2 aromatic heterocycles. The molecule has 0 radical (unpaired) electrons. The van der Waals surface area contributed by atoms with Gasteiger partial charge in [0.25, 0.3) is 0 Å². The van der Waals surface area contributed by atoms with E-state index < -0.39 is 0 Å². The normalized spacial score (nSPS) is 13.9. The minimum absolute atomic E-state index is 0.0568. The van der Waals surface area contributed by atoms with Gasteiger partial charge in [0.2, 0.25) is 0 Å². The van der Waals surface area contributed by atoms with E-state index >= 15 is 0 Å². The molecule has 0 aliphatic carbocycles. The maximum absolute atomic E-state index is 12.8. The third-order valence-electron chi connectivity index (χ3n) is 5.30. The number of aryl methyl sites for hydroxylation is 2. The highest BCUT2D eigenvalue weighted by atomic mass is 16.3. The minimum Gasteiger partial charge on any atom is -0.510 e. The van der Waals surface area contributed by atoms with Gasteiger partial charge in [-0.1, -0.05) is 65.8 Å². The molecule has 0 atom stereocenters. The highest BCUT2D eigenvalue weighted by molar-refractivity contribution is 6.07. The number of aliphatic hydroxyl groups excluding tert-OH is 2. The van der Waals surface area contributed by atoms with Crippen LogP contribution in [0, 0.1) is 23.7 Å². The summed E-state index contributed by atoms with van der Waals surface area (Å²) in [7, 11) is 0. The fourth-order valence-corrected chi connectivity index (χ4v) is 3.24. The van der Waals surface area contributed by atoms with Crippen molar-refractivity contribution in [1.82, 2.24) is 30.0 Å². The molecular weight excluding hydrogens is 424 g/mol. The highest BCUT2D eigenvalue weighted by Crippen LogP contribution is 2.16. The predicted molar refractivity (Wildman–Crippen MR) is 124 cm³/mol. The van der Waals surface area contributed by atoms with Crippen LogP contribution in [-0.4, -0.2) is 51.8 Å². The lowest BCUT2D eigenvalue weighted by Gasteiger charge is -2.10. The molecule has 0 unspecified atom stereocenters. The second kappa shape index (κ2) is 10.7. The Labute approximate surface area is 194 Å². The molecule has 182 valence electrons. The average Bonchev–Trinajstić information content (AvgIpc) is 3.35. The van der Waals surface area contributed by atoms with Crippen LogP contribution in [0.3, 0.4) is 0 Å². The lowest BCUT2D eigenvalue weighted by Crippen LogP contribution is -2.37. The van der Waals surface area contributed by atoms with Crippen LogP contribution in [0.25, 0.3) is 11.5 Å². The Morgan fingerprint density at radius 1 is 0.727 bits per heavy atom. The van der Waals surface area contributed by atoms with Crippen molar-refractivity contribution in [3.8, 4) is 0 Å². The van der Waals surface area contributed by atoms with Crippen LogP contribution in [0.4, 0.5) is 0 Å². The summed E-state index contributed by atoms with van der Waals surface area (Å²) in [5.41, 5.74) is 0.334. The van der Waals surface area contributed by atoms with Crippen molar-refractivity contribution in [2.45, 2.75) is 74.9 Å². The fraction of sp³-hybridized carbons (Fsp3) is 0.652. The number of carbonyl (C=O) groups excluding carboxylic acids is 2. The summed E-state index contributed by atoms with van der Waals surface area (Å²) in [5.74, 6) is -1.23. The van der Waals surface area contributed by atoms with Crippen LogP contribution < -0.4 is 10.7 Å². The summed E-state index contributed by atoms with van der Waals surface area (Å²) in [5, 5.41) is 38.1. The van der Waals surface area contributed by atoms with Gasteiger partial charge >= 0.3 is 0 Å². The minimum atomic E-state index is -0.308. The second-order valence-corrected chi connectivity index (χ2v) is 9.49. The molecule has 0 aromatic carbocycles. The van der Waals surface area contributed by atoms with Crippen LogP contribution in [0.2, 0.25) is 0 Å². The number of ketones is 2. The van der Waals surface area contributed by atoms with E-state index in [0.29, 0.717) is 24.9 Å². The van der Waals surface area contributed by atoms with Crippen LogP contribution >= 0.6 is 0 Å². The van der Waals surface area contributed by atoms with Gasteiger partial charge in [-0.2, -0.15) is 0 Å². The van der Waals surface area contributed by atoms with E-state index in [1.54, 1.807) is 32.4 Å². The van der Waals surface area contributed by atoms with Crippen molar-refractivity contribution in [1.29, 1.82) is 0 Å². The Morgan fingerprint density at radius 3 is 1.76 bits per heavy atom. The van der Waals surface area contributed by atoms with Gasteiger partial charge in [0.15, 0.2) is 22.6 Å². The van der Waals surface area contributed by atoms with Crippen LogP contribution in [0.15, 0.2) is 0 Å². The van der Waals surface area contributed by atoms with E-state index in [2.05, 4.69) is 20.6 Å². The van der Waals surface area contributed by atoms with E-state index in [1.807, 2.05) is 27.7 Å². The number of carbonyl (C=O) groups is 2. The van der Waals surface area contributed by atoms with Gasteiger partial charge in [-0.3, -0.25) is 9.59 Å². The molecular formula is C23H36N6O4. The average molecular weight is 461 g/mol. The Morgan fingerprint density at radius 2 is 1.24 bits per heavy atom. The molecule has 2 rings (SSSR count). The first-order valence-corrected chi connectivity index (χ1v) is 11.5. The third-order valence-corrected chi connectivity index (χ3v) is 5.30. The fourth-order valence-electron chi connectivity index (χ4n) is 3.24. The van der Waals surface area contributed by atoms with Crippen molar-refractivity contribution in [3.05, 3.63) is 22.1 Å². The molecule has 2 heterocycles. The number of hydrogen-bond acceptors (Lipinski definition) is 8. The number of nitrogens with zero attached hydrogens (tertiary/aromatic N) is 6. The summed E-state index contributed by atoms with van der Waals surface area (Å²) in [6, 6.07) is 0. The zero-order valence-corrected chi connectivity index (χ0v) is 20.8. The predicted octanol–water partition coefficient (Wildman–Crippen LogP) is 2.28. The molecule has 2 N–H and O–H groups in total. The maximum Gasteiger partial charge on any atom is 0.188 e. The van der Waals surface area contributed by atoms with E-state index in [-0.39, 0.29) is 63.5 Å². The first-order valence-electron chi connectivity index (χ1n) is 11.5. The molecule has 33 heavy (non-hydrogen) atoms. The molecule has 10 nitrogen and oxygen atoms in total. The summed E-state index contributed by atoms with van der Waals surface area (Å²) < 4.78 is 3.02. The molecule has 2 aromatic rings. The smallest absolute Gasteiger partial charge is 0.188 e. The first kappa shape index (κ1) is 26.2. The maximum atomic E-state index is 12.8. The molecule has 0 aliphatic rings. The molecule has 0 fully saturated rings. The van der Waals surface area contributed by atoms with E-state index in [1.165, 1.54) is 4.68 Å². The van der Waals surface area contributed by atoms with Crippen LogP contribution in [0.5, 0.6) is 0 Å². The largest absolute Gasteiger partial charge is 0.510 e. The number of aromatic nitrogens is 6. The van der Waals surface area contributed by atoms with Gasteiger partial charge in [0.05, 0.1) is 0 Å². The van der Waals surface area contributed by atoms with Gasteiger partial charge in [0, 0.05) is 36.8 Å². The summed E-state index contributed by atoms with van der Waals surface area (Å²) in [6.07, 6.45) is 0.487. The number of aliphatic hydroxyl groups is 2. The molecule has 10 heteroatoms. The molecule has 0 aliphatic heterocycles. The molecule has 0 bridgehead atoms. The molecule has 0 saturated heterocycles. The third kappa shape index (κ3) is 5.66. The Kier molecular flexibility index (Phi) is 8.51. The monoisotopic (exact) mass is 460 g/mol. The quantitative estimate of drug-likeness (QED) is 0.515. The first-order chi connectivity index (χ1) is 15.4. The number of hydrogen-bond donors (Lipinski definition) is 2. The summed E-state index contributed by atoms with van der Waals surface area (Å²) in [6.45, 7) is 15.1. The van der Waals surface area contributed by atoms with E-state index in [4.69, 9.17) is 0 Å². The van der Waals surface area contributed by atoms with Gasteiger partial charge in [-0.05, 0) is 6.42 Å². The van der Waals surface area contributed by atoms with Crippen LogP contribution in [0.1, 0.15) is 82.8 Å². The SMILES string of the molecule is CC(C)C(=O)c1nnn(CCCn2nnc(=C(O)C(C)C)c2=C(O)C(C)C)c1C(=O)C(C)C. The Bertz CT molecular complexity index is 1120. The number of Topliss-reactive ketones (excluding diaryl/α,β-unsaturated/α-hetero) is 2. The topological polar surface area (TPSA) is 136 Å². The zero-order valence-electron chi connectivity index (χ0n) is 20.8. The van der Waals surface area contributed by atoms with Gasteiger partial charge in [-0.25, -0.2) is 9.36 Å². The van der Waals surface area contributed by atoms with Crippen molar-refractivity contribution in [2.24, 2.45) is 23.7 Å². The van der Waals surface area contributed by atoms with Crippen LogP contribution in [-0.2, 0) is 13.1 Å². The number of rotatable bonds is 10. The zero-order chi connectivity index (χ0) is 25.0. The lowest BCUT2D eigenvalue weighted by atomic mass is 9.99. The molecule has 0 amide bonds. The summed E-state index contributed by atoms with van der Waals surface area (Å²) in [4.78, 5) is 25.4. The molecule has 0 spiro atoms. The Balaban J connectivity index is 2.41. The summed E-state index contributed by atoms with van der Waals surface area (Å²) >= 11 is 0. The Hall–Kier alpha value is -3.04. The highest BCUT2D eigenvalue weighted by Gasteiger charge is 2.28. The molecule has 0 saturated carbocycles. The van der Waals surface area contributed by atoms with Gasteiger partial charge < -0.3 is 10.2 Å². The van der Waals surface area contributed by atoms with Crippen molar-refractivity contribution < 1.29 is 19.8 Å². The van der Waals surface area contributed by atoms with Crippen molar-refractivity contribution >= 4 is 23.1 Å². The van der Waals surface area contributed by atoms with Crippen molar-refractivity contribution in [3.63, 3.8) is 0 Å². The second-order valence-electron chi connectivity index (χ2n) is 9.49.